The van der Waals surface area contributed by atoms with Crippen LogP contribution in [0.2, 0.25) is 0 Å². The Morgan fingerprint density at radius 1 is 1.03 bits per heavy atom. The Hall–Kier alpha value is -2.77. The van der Waals surface area contributed by atoms with Crippen molar-refractivity contribution in [2.45, 2.75) is 24.8 Å². The highest BCUT2D eigenvalue weighted by Crippen LogP contribution is 2.32. The maximum absolute atomic E-state index is 13.1. The molecule has 0 bridgehead atoms. The van der Waals surface area contributed by atoms with E-state index in [9.17, 15) is 9.59 Å². The molecule has 5 rings (SSSR count). The fourth-order valence-corrected chi connectivity index (χ4v) is 4.92. The van der Waals surface area contributed by atoms with Crippen molar-refractivity contribution < 1.29 is 9.59 Å². The molecule has 2 aliphatic rings. The van der Waals surface area contributed by atoms with E-state index in [1.807, 2.05) is 34.7 Å². The number of carbonyl (C=O) groups is 2. The van der Waals surface area contributed by atoms with Gasteiger partial charge in [-0.05, 0) is 54.7 Å². The summed E-state index contributed by atoms with van der Waals surface area (Å²) in [5.74, 6) is 0.0709. The van der Waals surface area contributed by atoms with Gasteiger partial charge in [0.1, 0.15) is 0 Å². The van der Waals surface area contributed by atoms with E-state index in [1.165, 1.54) is 4.70 Å². The van der Waals surface area contributed by atoms with Crippen LogP contribution in [0.15, 0.2) is 48.0 Å². The van der Waals surface area contributed by atoms with Crippen LogP contribution in [0.1, 0.15) is 29.6 Å². The van der Waals surface area contributed by atoms with Gasteiger partial charge < -0.3 is 15.5 Å². The number of hydrogen-bond donors (Lipinski definition) is 2. The molecule has 1 saturated heterocycles. The zero-order chi connectivity index (χ0) is 20.6. The van der Waals surface area contributed by atoms with Crippen molar-refractivity contribution in [2.75, 3.05) is 26.2 Å². The average Bonchev–Trinajstić information content (AvgIpc) is 3.23. The molecule has 2 N–H and O–H groups in total. The lowest BCUT2D eigenvalue weighted by Gasteiger charge is -2.40. The number of hydrogen-bond acceptors (Lipinski definition) is 5. The van der Waals surface area contributed by atoms with Crippen molar-refractivity contribution in [1.29, 1.82) is 0 Å². The van der Waals surface area contributed by atoms with Crippen molar-refractivity contribution in [1.82, 2.24) is 20.5 Å². The highest BCUT2D eigenvalue weighted by atomic mass is 32.1. The fourth-order valence-electron chi connectivity index (χ4n) is 4.26. The summed E-state index contributed by atoms with van der Waals surface area (Å²) >= 11 is 1.63. The topological polar surface area (TPSA) is 74.3 Å². The van der Waals surface area contributed by atoms with Gasteiger partial charge in [-0.2, -0.15) is 0 Å². The van der Waals surface area contributed by atoms with Gasteiger partial charge in [0, 0.05) is 31.7 Å². The molecule has 6 nitrogen and oxygen atoms in total. The smallest absolute Gasteiger partial charge is 0.253 e. The summed E-state index contributed by atoms with van der Waals surface area (Å²) in [6.45, 7) is 2.23. The quantitative estimate of drug-likeness (QED) is 0.668. The van der Waals surface area contributed by atoms with Crippen LogP contribution in [0.3, 0.4) is 0 Å². The first-order valence-electron chi connectivity index (χ1n) is 10.4. The van der Waals surface area contributed by atoms with Gasteiger partial charge in [-0.25, -0.2) is 4.98 Å². The largest absolute Gasteiger partial charge is 0.353 e. The van der Waals surface area contributed by atoms with E-state index in [-0.39, 0.29) is 11.8 Å². The highest BCUT2D eigenvalue weighted by Gasteiger charge is 2.43. The molecule has 154 valence electrons. The zero-order valence-electron chi connectivity index (χ0n) is 16.7. The third-order valence-electron chi connectivity index (χ3n) is 6.24. The maximum Gasteiger partial charge on any atom is 0.253 e. The van der Waals surface area contributed by atoms with Gasteiger partial charge in [-0.15, -0.1) is 11.3 Å². The molecule has 0 atom stereocenters. The van der Waals surface area contributed by atoms with Crippen molar-refractivity contribution >= 4 is 33.4 Å². The van der Waals surface area contributed by atoms with Gasteiger partial charge in [-0.3, -0.25) is 9.59 Å². The number of aromatic nitrogens is 1. The van der Waals surface area contributed by atoms with Crippen molar-refractivity contribution in [3.8, 4) is 11.1 Å². The van der Waals surface area contributed by atoms with Gasteiger partial charge in [0.05, 0.1) is 21.3 Å². The molecular weight excluding hydrogens is 396 g/mol. The second-order valence-electron chi connectivity index (χ2n) is 8.02. The second kappa shape index (κ2) is 7.81. The minimum Gasteiger partial charge on any atom is -0.353 e. The van der Waals surface area contributed by atoms with Gasteiger partial charge in [0.15, 0.2) is 0 Å². The molecule has 7 heteroatoms. The summed E-state index contributed by atoms with van der Waals surface area (Å²) < 4.78 is 1.17. The van der Waals surface area contributed by atoms with E-state index in [2.05, 4.69) is 33.8 Å². The lowest BCUT2D eigenvalue weighted by Crippen LogP contribution is -2.61. The van der Waals surface area contributed by atoms with Crippen LogP contribution >= 0.6 is 11.3 Å². The number of carbonyl (C=O) groups excluding carboxylic acids is 2. The van der Waals surface area contributed by atoms with Crippen LogP contribution in [0.5, 0.6) is 0 Å². The SMILES string of the molecule is O=C(c1ccc(-c2ccc3scnc3c2)cc1)N1CCNC(=O)C2(CCC2)NCC1. The summed E-state index contributed by atoms with van der Waals surface area (Å²) in [6.07, 6.45) is 2.83. The minimum absolute atomic E-state index is 0.00267. The van der Waals surface area contributed by atoms with E-state index in [1.54, 1.807) is 11.3 Å². The van der Waals surface area contributed by atoms with Crippen LogP contribution < -0.4 is 10.6 Å². The van der Waals surface area contributed by atoms with Crippen molar-refractivity contribution in [3.63, 3.8) is 0 Å². The van der Waals surface area contributed by atoms with Crippen LogP contribution in [-0.2, 0) is 4.79 Å². The molecule has 1 spiro atoms. The third kappa shape index (κ3) is 3.48. The molecule has 2 amide bonds. The number of nitrogens with zero attached hydrogens (tertiary/aromatic N) is 2. The Balaban J connectivity index is 1.30. The van der Waals surface area contributed by atoms with E-state index in [4.69, 9.17) is 0 Å². The van der Waals surface area contributed by atoms with Gasteiger partial charge in [0.2, 0.25) is 5.91 Å². The fraction of sp³-hybridized carbons (Fsp3) is 0.348. The Bertz CT molecular complexity index is 1090. The molecule has 2 aromatic carbocycles. The number of thiazole rings is 1. The van der Waals surface area contributed by atoms with E-state index in [0.717, 1.165) is 35.9 Å². The molecule has 1 aliphatic carbocycles. The number of nitrogens with one attached hydrogen (secondary N) is 2. The predicted octanol–water partition coefficient (Wildman–Crippen LogP) is 3.05. The van der Waals surface area contributed by atoms with E-state index in [0.29, 0.717) is 31.7 Å². The Morgan fingerprint density at radius 2 is 1.80 bits per heavy atom. The first kappa shape index (κ1) is 19.2. The molecule has 30 heavy (non-hydrogen) atoms. The molecule has 2 fully saturated rings. The number of rotatable bonds is 2. The van der Waals surface area contributed by atoms with E-state index >= 15 is 0 Å². The van der Waals surface area contributed by atoms with Crippen molar-refractivity contribution in [3.05, 3.63) is 53.5 Å². The summed E-state index contributed by atoms with van der Waals surface area (Å²) in [4.78, 5) is 31.7. The molecule has 0 unspecified atom stereocenters. The second-order valence-corrected chi connectivity index (χ2v) is 8.91. The lowest BCUT2D eigenvalue weighted by molar-refractivity contribution is -0.130. The molecule has 1 saturated carbocycles. The number of benzene rings is 2. The van der Waals surface area contributed by atoms with Crippen LogP contribution in [-0.4, -0.2) is 53.4 Å². The van der Waals surface area contributed by atoms with Gasteiger partial charge in [-0.1, -0.05) is 18.2 Å². The van der Waals surface area contributed by atoms with Gasteiger partial charge >= 0.3 is 0 Å². The summed E-state index contributed by atoms with van der Waals surface area (Å²) in [6, 6.07) is 14.0. The lowest BCUT2D eigenvalue weighted by atomic mass is 9.76. The Kier molecular flexibility index (Phi) is 5.00. The molecular formula is C23H24N4O2S. The number of fused-ring (bicyclic) bond motifs is 1. The highest BCUT2D eigenvalue weighted by molar-refractivity contribution is 7.16. The summed E-state index contributed by atoms with van der Waals surface area (Å²) in [5.41, 5.74) is 5.25. The summed E-state index contributed by atoms with van der Waals surface area (Å²) in [7, 11) is 0. The van der Waals surface area contributed by atoms with E-state index < -0.39 is 5.54 Å². The normalized spacial score (nSPS) is 18.9. The third-order valence-corrected chi connectivity index (χ3v) is 7.05. The van der Waals surface area contributed by atoms with Crippen LogP contribution in [0.4, 0.5) is 0 Å². The molecule has 2 heterocycles. The molecule has 1 aromatic heterocycles. The number of amides is 2. The van der Waals surface area contributed by atoms with Crippen LogP contribution in [0.25, 0.3) is 21.3 Å². The Morgan fingerprint density at radius 3 is 2.57 bits per heavy atom. The average molecular weight is 421 g/mol. The predicted molar refractivity (Wildman–Crippen MR) is 119 cm³/mol. The monoisotopic (exact) mass is 420 g/mol. The zero-order valence-corrected chi connectivity index (χ0v) is 17.5. The van der Waals surface area contributed by atoms with Crippen molar-refractivity contribution in [2.24, 2.45) is 0 Å². The minimum atomic E-state index is -0.418. The molecule has 1 aliphatic heterocycles. The maximum atomic E-state index is 13.1. The molecule has 0 radical (unpaired) electrons. The molecule has 3 aromatic rings. The summed E-state index contributed by atoms with van der Waals surface area (Å²) in [5, 5.41) is 6.39. The standard InChI is InChI=1S/C23H24N4O2S/c28-21(27-12-10-24-22(29)23(8-1-9-23)26-11-13-27)17-4-2-16(3-5-17)18-6-7-20-19(14-18)25-15-30-20/h2-7,14-15,26H,1,8-13H2,(H,24,29). The first-order chi connectivity index (χ1) is 14.6. The van der Waals surface area contributed by atoms with Crippen LogP contribution in [0, 0.1) is 0 Å². The van der Waals surface area contributed by atoms with Gasteiger partial charge in [0.25, 0.3) is 5.91 Å². The first-order valence-corrected chi connectivity index (χ1v) is 11.3. The Labute approximate surface area is 179 Å².